The summed E-state index contributed by atoms with van der Waals surface area (Å²) in [6.45, 7) is 2.41. The Morgan fingerprint density at radius 1 is 1.06 bits per heavy atom. The van der Waals surface area contributed by atoms with E-state index in [1.54, 1.807) is 6.20 Å². The highest BCUT2D eigenvalue weighted by Crippen LogP contribution is 2.39. The number of ether oxygens (including phenoxy) is 1. The Morgan fingerprint density at radius 2 is 1.91 bits per heavy atom. The first-order valence-electron chi connectivity index (χ1n) is 11.7. The van der Waals surface area contributed by atoms with Crippen LogP contribution < -0.4 is 9.64 Å². The van der Waals surface area contributed by atoms with E-state index in [9.17, 15) is 4.79 Å². The molecule has 0 bridgehead atoms. The number of nitrogens with zero attached hydrogens (tertiary/aromatic N) is 3. The molecule has 0 spiro atoms. The summed E-state index contributed by atoms with van der Waals surface area (Å²) in [5, 5.41) is 1.15. The van der Waals surface area contributed by atoms with Crippen LogP contribution in [0.15, 0.2) is 85.2 Å². The van der Waals surface area contributed by atoms with Gasteiger partial charge in [-0.05, 0) is 41.8 Å². The molecule has 0 saturated heterocycles. The summed E-state index contributed by atoms with van der Waals surface area (Å²) in [7, 11) is 0. The molecule has 34 heavy (non-hydrogen) atoms. The molecule has 6 rings (SSSR count). The SMILES string of the molecule is O=C(CN1CC=C(c2c[nH]c3ncccc23)CC1)N1c2ccccc2OCC1c1ccccc1. The van der Waals surface area contributed by atoms with Crippen LogP contribution in [0.3, 0.4) is 0 Å². The zero-order valence-corrected chi connectivity index (χ0v) is 18.9. The van der Waals surface area contributed by atoms with Crippen molar-refractivity contribution in [2.75, 3.05) is 31.1 Å². The van der Waals surface area contributed by atoms with Crippen LogP contribution in [-0.2, 0) is 4.79 Å². The maximum atomic E-state index is 13.7. The lowest BCUT2D eigenvalue weighted by molar-refractivity contribution is -0.120. The first-order chi connectivity index (χ1) is 16.8. The molecule has 1 N–H and O–H groups in total. The van der Waals surface area contributed by atoms with Crippen LogP contribution in [0.5, 0.6) is 5.75 Å². The zero-order chi connectivity index (χ0) is 22.9. The average Bonchev–Trinajstić information content (AvgIpc) is 3.33. The Morgan fingerprint density at radius 3 is 2.76 bits per heavy atom. The third kappa shape index (κ3) is 3.76. The van der Waals surface area contributed by atoms with Gasteiger partial charge in [0.25, 0.3) is 0 Å². The van der Waals surface area contributed by atoms with Crippen molar-refractivity contribution >= 4 is 28.2 Å². The highest BCUT2D eigenvalue weighted by Gasteiger charge is 2.34. The van der Waals surface area contributed by atoms with E-state index in [2.05, 4.69) is 39.1 Å². The molecule has 4 aromatic rings. The van der Waals surface area contributed by atoms with Crippen LogP contribution >= 0.6 is 0 Å². The van der Waals surface area contributed by atoms with Gasteiger partial charge in [0, 0.05) is 36.4 Å². The summed E-state index contributed by atoms with van der Waals surface area (Å²) in [4.78, 5) is 25.5. The molecule has 170 valence electrons. The predicted octanol–water partition coefficient (Wildman–Crippen LogP) is 4.82. The van der Waals surface area contributed by atoms with Gasteiger partial charge in [-0.2, -0.15) is 0 Å². The molecule has 4 heterocycles. The van der Waals surface area contributed by atoms with Gasteiger partial charge in [-0.25, -0.2) is 4.98 Å². The van der Waals surface area contributed by atoms with Crippen LogP contribution in [0.25, 0.3) is 16.6 Å². The van der Waals surface area contributed by atoms with Crippen molar-refractivity contribution in [3.63, 3.8) is 0 Å². The number of pyridine rings is 1. The monoisotopic (exact) mass is 450 g/mol. The van der Waals surface area contributed by atoms with Crippen molar-refractivity contribution in [2.45, 2.75) is 12.5 Å². The van der Waals surface area contributed by atoms with Gasteiger partial charge in [0.15, 0.2) is 0 Å². The second kappa shape index (κ2) is 8.80. The molecule has 6 heteroatoms. The third-order valence-corrected chi connectivity index (χ3v) is 6.74. The lowest BCUT2D eigenvalue weighted by Crippen LogP contribution is -2.46. The van der Waals surface area contributed by atoms with Crippen molar-refractivity contribution in [3.8, 4) is 5.75 Å². The number of para-hydroxylation sites is 2. The highest BCUT2D eigenvalue weighted by atomic mass is 16.5. The number of anilines is 1. The van der Waals surface area contributed by atoms with E-state index in [0.717, 1.165) is 47.5 Å². The second-order valence-corrected chi connectivity index (χ2v) is 8.79. The predicted molar refractivity (Wildman–Crippen MR) is 134 cm³/mol. The Balaban J connectivity index is 1.22. The number of hydrogen-bond donors (Lipinski definition) is 1. The molecular weight excluding hydrogens is 424 g/mol. The number of carbonyl (C=O) groups is 1. The van der Waals surface area contributed by atoms with Gasteiger partial charge in [-0.15, -0.1) is 0 Å². The molecule has 0 saturated carbocycles. The molecule has 1 unspecified atom stereocenters. The fraction of sp³-hybridized carbons (Fsp3) is 0.214. The number of hydrogen-bond acceptors (Lipinski definition) is 4. The standard InChI is InChI=1S/C28H26N4O2/c33-27(18-31-15-12-20(13-16-31)23-17-30-28-22(23)9-6-14-29-28)32-24-10-4-5-11-26(24)34-19-25(32)21-7-2-1-3-8-21/h1-12,14,17,25H,13,15-16,18-19H2,(H,29,30). The molecule has 1 atom stereocenters. The minimum Gasteiger partial charge on any atom is -0.489 e. The lowest BCUT2D eigenvalue weighted by Gasteiger charge is -2.38. The van der Waals surface area contributed by atoms with E-state index in [4.69, 9.17) is 4.74 Å². The van der Waals surface area contributed by atoms with Crippen molar-refractivity contribution in [1.82, 2.24) is 14.9 Å². The van der Waals surface area contributed by atoms with Gasteiger partial charge in [-0.1, -0.05) is 48.5 Å². The smallest absolute Gasteiger partial charge is 0.241 e. The van der Waals surface area contributed by atoms with Crippen molar-refractivity contribution in [1.29, 1.82) is 0 Å². The minimum absolute atomic E-state index is 0.0951. The number of H-pyrrole nitrogens is 1. The summed E-state index contributed by atoms with van der Waals surface area (Å²) in [6, 6.07) is 21.9. The number of rotatable bonds is 4. The van der Waals surface area contributed by atoms with Crippen LogP contribution in [-0.4, -0.2) is 47.0 Å². The number of amides is 1. The fourth-order valence-electron chi connectivity index (χ4n) is 5.01. The van der Waals surface area contributed by atoms with Gasteiger partial charge in [0.2, 0.25) is 5.91 Å². The van der Waals surface area contributed by atoms with Gasteiger partial charge in [0.05, 0.1) is 18.3 Å². The Labute approximate surface area is 198 Å². The van der Waals surface area contributed by atoms with E-state index >= 15 is 0 Å². The van der Waals surface area contributed by atoms with Gasteiger partial charge in [0.1, 0.15) is 18.0 Å². The first kappa shape index (κ1) is 20.7. The molecule has 2 aromatic carbocycles. The number of nitrogens with one attached hydrogen (secondary N) is 1. The number of carbonyl (C=O) groups excluding carboxylic acids is 1. The van der Waals surface area contributed by atoms with Crippen LogP contribution in [0.2, 0.25) is 0 Å². The summed E-state index contributed by atoms with van der Waals surface area (Å²) in [6.07, 6.45) is 6.99. The van der Waals surface area contributed by atoms with E-state index in [0.29, 0.717) is 13.2 Å². The quantitative estimate of drug-likeness (QED) is 0.484. The number of benzene rings is 2. The molecule has 6 nitrogen and oxygen atoms in total. The van der Waals surface area contributed by atoms with Crippen LogP contribution in [0, 0.1) is 0 Å². The van der Waals surface area contributed by atoms with Gasteiger partial charge in [-0.3, -0.25) is 14.6 Å². The molecular formula is C28H26N4O2. The normalized spacial score (nSPS) is 18.3. The van der Waals surface area contributed by atoms with E-state index in [1.807, 2.05) is 59.6 Å². The summed E-state index contributed by atoms with van der Waals surface area (Å²) < 4.78 is 6.03. The van der Waals surface area contributed by atoms with Crippen LogP contribution in [0.1, 0.15) is 23.6 Å². The average molecular weight is 451 g/mol. The van der Waals surface area contributed by atoms with E-state index in [-0.39, 0.29) is 11.9 Å². The van der Waals surface area contributed by atoms with E-state index < -0.39 is 0 Å². The van der Waals surface area contributed by atoms with Gasteiger partial charge >= 0.3 is 0 Å². The minimum atomic E-state index is -0.141. The highest BCUT2D eigenvalue weighted by molar-refractivity contribution is 5.97. The molecule has 2 aliphatic rings. The van der Waals surface area contributed by atoms with Crippen LogP contribution in [0.4, 0.5) is 5.69 Å². The largest absolute Gasteiger partial charge is 0.489 e. The zero-order valence-electron chi connectivity index (χ0n) is 18.9. The topological polar surface area (TPSA) is 61.5 Å². The Hall–Kier alpha value is -3.90. The van der Waals surface area contributed by atoms with E-state index in [1.165, 1.54) is 11.1 Å². The summed E-state index contributed by atoms with van der Waals surface area (Å²) >= 11 is 0. The molecule has 2 aromatic heterocycles. The van der Waals surface area contributed by atoms with Crippen molar-refractivity contribution < 1.29 is 9.53 Å². The molecule has 0 aliphatic carbocycles. The summed E-state index contributed by atoms with van der Waals surface area (Å²) in [5.74, 6) is 0.856. The molecule has 1 amide bonds. The maximum absolute atomic E-state index is 13.7. The van der Waals surface area contributed by atoms with Crippen molar-refractivity contribution in [2.24, 2.45) is 0 Å². The molecule has 2 aliphatic heterocycles. The Bertz CT molecular complexity index is 1360. The first-order valence-corrected chi connectivity index (χ1v) is 11.7. The second-order valence-electron chi connectivity index (χ2n) is 8.79. The number of aromatic nitrogens is 2. The third-order valence-electron chi connectivity index (χ3n) is 6.74. The Kier molecular flexibility index (Phi) is 5.35. The fourth-order valence-corrected chi connectivity index (χ4v) is 5.01. The number of fused-ring (bicyclic) bond motifs is 2. The number of aromatic amines is 1. The van der Waals surface area contributed by atoms with Gasteiger partial charge < -0.3 is 9.72 Å². The molecule has 0 radical (unpaired) electrons. The lowest BCUT2D eigenvalue weighted by atomic mass is 9.99. The maximum Gasteiger partial charge on any atom is 0.241 e. The molecule has 0 fully saturated rings. The summed E-state index contributed by atoms with van der Waals surface area (Å²) in [5.41, 5.74) is 5.35. The van der Waals surface area contributed by atoms with Crippen molar-refractivity contribution in [3.05, 3.63) is 96.3 Å².